The molecule has 0 radical (unpaired) electrons. The summed E-state index contributed by atoms with van der Waals surface area (Å²) in [4.78, 5) is 14.3. The van der Waals surface area contributed by atoms with Gasteiger partial charge in [0.05, 0.1) is 31.2 Å². The van der Waals surface area contributed by atoms with Crippen LogP contribution in [0.2, 0.25) is 0 Å². The number of hydrogen-bond donors (Lipinski definition) is 1. The fourth-order valence-electron chi connectivity index (χ4n) is 5.32. The first kappa shape index (κ1) is 21.2. The Balaban J connectivity index is 1.34. The topological polar surface area (TPSA) is 81.6 Å². The molecule has 1 unspecified atom stereocenters. The smallest absolute Gasteiger partial charge is 0.151 e. The molecule has 2 saturated heterocycles. The number of aromatic nitrogens is 5. The van der Waals surface area contributed by atoms with E-state index in [0.29, 0.717) is 6.04 Å². The maximum atomic E-state index is 5.74. The second kappa shape index (κ2) is 8.77. The van der Waals surface area contributed by atoms with Crippen LogP contribution in [0.5, 0.6) is 0 Å². The minimum Gasteiger partial charge on any atom is -0.379 e. The number of aromatic amines is 1. The lowest BCUT2D eigenvalue weighted by molar-refractivity contribution is -0.0131. The molecule has 3 aliphatic heterocycles. The zero-order valence-electron chi connectivity index (χ0n) is 19.7. The van der Waals surface area contributed by atoms with Crippen LogP contribution in [0.4, 0.5) is 11.6 Å². The Morgan fingerprint density at radius 2 is 1.88 bits per heavy atom. The van der Waals surface area contributed by atoms with Gasteiger partial charge in [0.2, 0.25) is 0 Å². The highest BCUT2D eigenvalue weighted by Crippen LogP contribution is 2.38. The van der Waals surface area contributed by atoms with E-state index in [0.717, 1.165) is 69.0 Å². The van der Waals surface area contributed by atoms with Crippen molar-refractivity contribution in [3.05, 3.63) is 54.5 Å². The van der Waals surface area contributed by atoms with Crippen LogP contribution >= 0.6 is 0 Å². The number of pyridine rings is 1. The van der Waals surface area contributed by atoms with E-state index in [1.807, 2.05) is 29.2 Å². The van der Waals surface area contributed by atoms with Crippen molar-refractivity contribution in [2.24, 2.45) is 0 Å². The Bertz CT molecular complexity index is 1130. The summed E-state index contributed by atoms with van der Waals surface area (Å²) in [6.07, 6.45) is 8.16. The van der Waals surface area contributed by atoms with Gasteiger partial charge >= 0.3 is 0 Å². The number of morpholine rings is 1. The summed E-state index contributed by atoms with van der Waals surface area (Å²) in [5.41, 5.74) is 2.41. The number of likely N-dealkylation sites (N-methyl/N-ethyl adjacent to an activating group) is 1. The molecule has 0 amide bonds. The average Bonchev–Trinajstić information content (AvgIpc) is 3.56. The highest BCUT2D eigenvalue weighted by molar-refractivity contribution is 5.78. The van der Waals surface area contributed by atoms with Crippen LogP contribution in [0.3, 0.4) is 0 Å². The van der Waals surface area contributed by atoms with Crippen molar-refractivity contribution in [1.29, 1.82) is 0 Å². The molecule has 0 bridgehead atoms. The first-order valence-corrected chi connectivity index (χ1v) is 12.0. The molecule has 2 fully saturated rings. The van der Waals surface area contributed by atoms with Crippen LogP contribution in [0.1, 0.15) is 12.5 Å². The van der Waals surface area contributed by atoms with Crippen LogP contribution in [0.15, 0.2) is 48.9 Å². The zero-order chi connectivity index (χ0) is 23.1. The third-order valence-corrected chi connectivity index (χ3v) is 7.12. The fraction of sp³-hybridized carbons (Fsp3) is 0.458. The quantitative estimate of drug-likeness (QED) is 0.628. The SMILES string of the molecule is C[C@@H]1COCCN1C1C=C(N2CCN(c3ccccn3)CC2)c2cnn(-c3ccn[nH]3)c2N1C. The Kier molecular flexibility index (Phi) is 5.46. The Morgan fingerprint density at radius 3 is 2.62 bits per heavy atom. The molecule has 3 aromatic rings. The number of ether oxygens (including phenoxy) is 1. The molecule has 0 spiro atoms. The Hall–Kier alpha value is -3.37. The van der Waals surface area contributed by atoms with E-state index in [1.54, 1.807) is 6.20 Å². The molecule has 2 atom stereocenters. The molecule has 3 aliphatic rings. The van der Waals surface area contributed by atoms with Gasteiger partial charge < -0.3 is 19.4 Å². The lowest BCUT2D eigenvalue weighted by Gasteiger charge is -2.46. The molecule has 34 heavy (non-hydrogen) atoms. The number of fused-ring (bicyclic) bond motifs is 1. The number of hydrogen-bond acceptors (Lipinski definition) is 8. The second-order valence-electron chi connectivity index (χ2n) is 9.14. The van der Waals surface area contributed by atoms with Crippen molar-refractivity contribution in [1.82, 2.24) is 34.8 Å². The van der Waals surface area contributed by atoms with E-state index < -0.39 is 0 Å². The molecule has 6 rings (SSSR count). The summed E-state index contributed by atoms with van der Waals surface area (Å²) < 4.78 is 7.71. The number of nitrogens with zero attached hydrogens (tertiary/aromatic N) is 8. The maximum absolute atomic E-state index is 5.74. The molecule has 10 heteroatoms. The zero-order valence-corrected chi connectivity index (χ0v) is 19.7. The van der Waals surface area contributed by atoms with Gasteiger partial charge in [0.1, 0.15) is 17.8 Å². The average molecular weight is 462 g/mol. The number of nitrogens with one attached hydrogen (secondary N) is 1. The summed E-state index contributed by atoms with van der Waals surface area (Å²) in [5.74, 6) is 2.99. The van der Waals surface area contributed by atoms with Gasteiger partial charge in [-0.05, 0) is 25.1 Å². The van der Waals surface area contributed by atoms with Gasteiger partial charge in [0.25, 0.3) is 0 Å². The molecule has 0 aliphatic carbocycles. The summed E-state index contributed by atoms with van der Waals surface area (Å²) in [7, 11) is 2.16. The Labute approximate surface area is 199 Å². The largest absolute Gasteiger partial charge is 0.379 e. The monoisotopic (exact) mass is 461 g/mol. The minimum atomic E-state index is 0.119. The van der Waals surface area contributed by atoms with Crippen LogP contribution in [-0.2, 0) is 4.74 Å². The highest BCUT2D eigenvalue weighted by Gasteiger charge is 2.37. The molecular formula is C24H31N9O. The minimum absolute atomic E-state index is 0.119. The third kappa shape index (κ3) is 3.63. The van der Waals surface area contributed by atoms with Gasteiger partial charge in [0, 0.05) is 63.8 Å². The molecule has 0 saturated carbocycles. The normalized spacial score (nSPS) is 23.7. The molecule has 178 valence electrons. The lowest BCUT2D eigenvalue weighted by Crippen LogP contribution is -2.56. The van der Waals surface area contributed by atoms with Crippen molar-refractivity contribution >= 4 is 17.3 Å². The van der Waals surface area contributed by atoms with Crippen molar-refractivity contribution in [2.75, 3.05) is 62.8 Å². The van der Waals surface area contributed by atoms with Gasteiger partial charge in [-0.25, -0.2) is 4.98 Å². The first-order valence-electron chi connectivity index (χ1n) is 12.0. The van der Waals surface area contributed by atoms with Crippen molar-refractivity contribution in [3.8, 4) is 5.82 Å². The van der Waals surface area contributed by atoms with E-state index in [4.69, 9.17) is 9.84 Å². The fourth-order valence-corrected chi connectivity index (χ4v) is 5.32. The summed E-state index contributed by atoms with van der Waals surface area (Å²) in [5, 5.41) is 12.0. The molecule has 1 N–H and O–H groups in total. The predicted octanol–water partition coefficient (Wildman–Crippen LogP) is 1.65. The highest BCUT2D eigenvalue weighted by atomic mass is 16.5. The number of piperazine rings is 1. The molecule has 0 aromatic carbocycles. The Morgan fingerprint density at radius 1 is 1.03 bits per heavy atom. The third-order valence-electron chi connectivity index (χ3n) is 7.12. The van der Waals surface area contributed by atoms with Crippen molar-refractivity contribution in [2.45, 2.75) is 19.1 Å². The maximum Gasteiger partial charge on any atom is 0.151 e. The van der Waals surface area contributed by atoms with Crippen molar-refractivity contribution in [3.63, 3.8) is 0 Å². The van der Waals surface area contributed by atoms with Gasteiger partial charge in [-0.1, -0.05) is 6.07 Å². The molecule has 6 heterocycles. The summed E-state index contributed by atoms with van der Waals surface area (Å²) >= 11 is 0. The molecular weight excluding hydrogens is 430 g/mol. The lowest BCUT2D eigenvalue weighted by atomic mass is 10.0. The number of rotatable bonds is 4. The van der Waals surface area contributed by atoms with E-state index in [1.165, 1.54) is 5.70 Å². The van der Waals surface area contributed by atoms with Gasteiger partial charge in [0.15, 0.2) is 5.82 Å². The van der Waals surface area contributed by atoms with Crippen molar-refractivity contribution < 1.29 is 4.74 Å². The molecule has 3 aromatic heterocycles. The van der Waals surface area contributed by atoms with E-state index >= 15 is 0 Å². The first-order chi connectivity index (χ1) is 16.7. The summed E-state index contributed by atoms with van der Waals surface area (Å²) in [6, 6.07) is 8.40. The number of anilines is 2. The standard InChI is InChI=1S/C24H31N9O/c1-18-17-34-14-13-32(18)23-15-20(30-9-11-31(12-10-30)21-5-3-4-7-25-21)19-16-27-33(24(19)29(23)2)22-6-8-26-28-22/h3-8,15-16,18,23H,9-14,17H2,1-2H3,(H,26,28)/t18-,23?/m1/s1. The second-order valence-corrected chi connectivity index (χ2v) is 9.14. The number of H-pyrrole nitrogens is 1. The van der Waals surface area contributed by atoms with Crippen LogP contribution < -0.4 is 9.80 Å². The van der Waals surface area contributed by atoms with Gasteiger partial charge in [-0.15, -0.1) is 0 Å². The molecule has 10 nitrogen and oxygen atoms in total. The van der Waals surface area contributed by atoms with Gasteiger partial charge in [-0.2, -0.15) is 14.9 Å². The van der Waals surface area contributed by atoms with E-state index in [-0.39, 0.29) is 6.17 Å². The van der Waals surface area contributed by atoms with Crippen LogP contribution in [-0.4, -0.2) is 100.0 Å². The van der Waals surface area contributed by atoms with E-state index in [9.17, 15) is 0 Å². The van der Waals surface area contributed by atoms with Crippen LogP contribution in [0, 0.1) is 0 Å². The predicted molar refractivity (Wildman–Crippen MR) is 131 cm³/mol. The van der Waals surface area contributed by atoms with Crippen LogP contribution in [0.25, 0.3) is 11.5 Å². The summed E-state index contributed by atoms with van der Waals surface area (Å²) in [6.45, 7) is 8.41. The van der Waals surface area contributed by atoms with E-state index in [2.05, 4.69) is 67.0 Å². The van der Waals surface area contributed by atoms with Gasteiger partial charge in [-0.3, -0.25) is 10.00 Å².